The van der Waals surface area contributed by atoms with Crippen LogP contribution in [-0.2, 0) is 28.2 Å². The molecule has 166 valence electrons. The fourth-order valence-corrected chi connectivity index (χ4v) is 4.38. The lowest BCUT2D eigenvalue weighted by Gasteiger charge is -2.36. The Bertz CT molecular complexity index is 568. The summed E-state index contributed by atoms with van der Waals surface area (Å²) < 4.78 is 42.1. The molecule has 0 aromatic rings. The Kier molecular flexibility index (Phi) is 8.69. The van der Waals surface area contributed by atoms with E-state index in [2.05, 4.69) is 22.2 Å². The molecule has 0 spiro atoms. The normalized spacial score (nSPS) is 30.1. The quantitative estimate of drug-likeness (QED) is 0.286. The van der Waals surface area contributed by atoms with Crippen molar-refractivity contribution in [3.05, 3.63) is 0 Å². The maximum absolute atomic E-state index is 11.1. The second kappa shape index (κ2) is 10.1. The number of aliphatic hydroxyl groups is 2. The Balaban J connectivity index is 1.83. The highest BCUT2D eigenvalue weighted by atomic mass is 32.3. The summed E-state index contributed by atoms with van der Waals surface area (Å²) in [5.74, 6) is -6.61. The highest BCUT2D eigenvalue weighted by molar-refractivity contribution is 7.82. The summed E-state index contributed by atoms with van der Waals surface area (Å²) in [6.07, 6.45) is 13.0. The van der Waals surface area contributed by atoms with Crippen molar-refractivity contribution in [2.24, 2.45) is 0 Å². The summed E-state index contributed by atoms with van der Waals surface area (Å²) in [7, 11) is -4.30. The van der Waals surface area contributed by atoms with Gasteiger partial charge in [0.25, 0.3) is 0 Å². The van der Waals surface area contributed by atoms with Crippen molar-refractivity contribution in [1.82, 2.24) is 0 Å². The molecule has 2 aliphatic rings. The third kappa shape index (κ3) is 5.65. The minimum absolute atomic E-state index is 0.320. The third-order valence-electron chi connectivity index (χ3n) is 5.34. The monoisotopic (exact) mass is 424 g/mol. The molecule has 0 radical (unpaired) electrons. The van der Waals surface area contributed by atoms with Crippen molar-refractivity contribution in [3.63, 3.8) is 0 Å². The third-order valence-corrected chi connectivity index (χ3v) is 6.20. The van der Waals surface area contributed by atoms with Crippen LogP contribution in [0.4, 0.5) is 0 Å². The van der Waals surface area contributed by atoms with Gasteiger partial charge in [-0.3, -0.25) is 0 Å². The SMILES string of the molecule is CCCCCCCCOC1(CCCCCCCC)OC1(O)C1(O)OS(=O)(=O)O1. The van der Waals surface area contributed by atoms with E-state index in [1.807, 2.05) is 0 Å². The van der Waals surface area contributed by atoms with Gasteiger partial charge in [0.1, 0.15) is 0 Å². The summed E-state index contributed by atoms with van der Waals surface area (Å²) in [5, 5.41) is 20.8. The van der Waals surface area contributed by atoms with Crippen molar-refractivity contribution < 1.29 is 36.5 Å². The highest BCUT2D eigenvalue weighted by Gasteiger charge is 2.87. The molecule has 0 bridgehead atoms. The van der Waals surface area contributed by atoms with Crippen LogP contribution in [0, 0.1) is 0 Å². The molecule has 2 aliphatic heterocycles. The molecule has 8 nitrogen and oxygen atoms in total. The van der Waals surface area contributed by atoms with Crippen LogP contribution in [0.25, 0.3) is 0 Å². The fraction of sp³-hybridized carbons (Fsp3) is 1.00. The van der Waals surface area contributed by atoms with Gasteiger partial charge in [-0.1, -0.05) is 78.1 Å². The first-order valence-electron chi connectivity index (χ1n) is 10.7. The molecule has 28 heavy (non-hydrogen) atoms. The van der Waals surface area contributed by atoms with Crippen LogP contribution in [-0.4, -0.2) is 42.8 Å². The van der Waals surface area contributed by atoms with E-state index in [1.54, 1.807) is 0 Å². The van der Waals surface area contributed by atoms with Gasteiger partial charge in [0.05, 0.1) is 6.61 Å². The zero-order valence-electron chi connectivity index (χ0n) is 17.2. The van der Waals surface area contributed by atoms with Gasteiger partial charge in [-0.15, -0.1) is 0 Å². The van der Waals surface area contributed by atoms with E-state index in [9.17, 15) is 18.6 Å². The number of rotatable bonds is 16. The summed E-state index contributed by atoms with van der Waals surface area (Å²) in [6, 6.07) is 0. The van der Waals surface area contributed by atoms with E-state index < -0.39 is 27.9 Å². The largest absolute Gasteiger partial charge is 0.409 e. The lowest BCUT2D eigenvalue weighted by atomic mass is 10.0. The summed E-state index contributed by atoms with van der Waals surface area (Å²) in [4.78, 5) is 0. The van der Waals surface area contributed by atoms with Crippen LogP contribution in [0.5, 0.6) is 0 Å². The molecule has 2 fully saturated rings. The smallest absolute Gasteiger partial charge is 0.355 e. The average molecular weight is 425 g/mol. The van der Waals surface area contributed by atoms with E-state index in [-0.39, 0.29) is 0 Å². The molecule has 2 unspecified atom stereocenters. The van der Waals surface area contributed by atoms with Crippen molar-refractivity contribution in [3.8, 4) is 0 Å². The van der Waals surface area contributed by atoms with Crippen molar-refractivity contribution >= 4 is 10.4 Å². The van der Waals surface area contributed by atoms with Crippen LogP contribution in [0.1, 0.15) is 97.3 Å². The highest BCUT2D eigenvalue weighted by Crippen LogP contribution is 2.60. The van der Waals surface area contributed by atoms with Gasteiger partial charge >= 0.3 is 22.2 Å². The zero-order valence-corrected chi connectivity index (χ0v) is 18.0. The number of hydrogen-bond donors (Lipinski definition) is 2. The predicted molar refractivity (Wildman–Crippen MR) is 102 cm³/mol. The summed E-state index contributed by atoms with van der Waals surface area (Å²) >= 11 is 0. The van der Waals surface area contributed by atoms with Gasteiger partial charge in [-0.25, -0.2) is 0 Å². The number of epoxide rings is 1. The van der Waals surface area contributed by atoms with Crippen molar-refractivity contribution in [2.75, 3.05) is 6.61 Å². The Hall–Kier alpha value is -0.290. The van der Waals surface area contributed by atoms with Gasteiger partial charge in [0.2, 0.25) is 5.79 Å². The van der Waals surface area contributed by atoms with Gasteiger partial charge in [-0.2, -0.15) is 16.8 Å². The minimum atomic E-state index is -4.30. The molecule has 2 rings (SSSR count). The molecule has 2 heterocycles. The molecule has 0 amide bonds. The van der Waals surface area contributed by atoms with Crippen LogP contribution in [0.2, 0.25) is 0 Å². The predicted octanol–water partition coefficient (Wildman–Crippen LogP) is 3.47. The van der Waals surface area contributed by atoms with Crippen LogP contribution in [0.3, 0.4) is 0 Å². The summed E-state index contributed by atoms with van der Waals surface area (Å²) in [6.45, 7) is 4.65. The molecule has 0 aromatic heterocycles. The first-order valence-corrected chi connectivity index (χ1v) is 12.0. The second-order valence-electron chi connectivity index (χ2n) is 7.79. The first-order chi connectivity index (χ1) is 13.2. The molecule has 2 saturated heterocycles. The van der Waals surface area contributed by atoms with E-state index in [0.29, 0.717) is 19.4 Å². The van der Waals surface area contributed by atoms with E-state index in [1.165, 1.54) is 25.7 Å². The van der Waals surface area contributed by atoms with E-state index in [0.717, 1.165) is 44.9 Å². The molecular weight excluding hydrogens is 388 g/mol. The van der Waals surface area contributed by atoms with E-state index >= 15 is 0 Å². The van der Waals surface area contributed by atoms with Crippen LogP contribution < -0.4 is 0 Å². The molecular formula is C19H36O8S. The summed E-state index contributed by atoms with van der Waals surface area (Å²) in [5.41, 5.74) is 0. The fourth-order valence-electron chi connectivity index (χ4n) is 3.59. The lowest BCUT2D eigenvalue weighted by molar-refractivity contribution is -0.399. The van der Waals surface area contributed by atoms with Crippen LogP contribution >= 0.6 is 0 Å². The maximum atomic E-state index is 11.1. The van der Waals surface area contributed by atoms with Crippen molar-refractivity contribution in [2.45, 2.75) is 115 Å². The van der Waals surface area contributed by atoms with Gasteiger partial charge in [0, 0.05) is 6.42 Å². The Morgan fingerprint density at radius 3 is 1.82 bits per heavy atom. The molecule has 0 aromatic carbocycles. The topological polar surface area (TPSA) is 115 Å². The maximum Gasteiger partial charge on any atom is 0.409 e. The van der Waals surface area contributed by atoms with Crippen LogP contribution in [0.15, 0.2) is 0 Å². The molecule has 9 heteroatoms. The van der Waals surface area contributed by atoms with Gasteiger partial charge < -0.3 is 19.7 Å². The average Bonchev–Trinajstić information content (AvgIpc) is 3.22. The Morgan fingerprint density at radius 1 is 0.786 bits per heavy atom. The minimum Gasteiger partial charge on any atom is -0.355 e. The Morgan fingerprint density at radius 2 is 1.29 bits per heavy atom. The number of hydrogen-bond acceptors (Lipinski definition) is 8. The zero-order chi connectivity index (χ0) is 20.7. The molecule has 2 atom stereocenters. The first kappa shape index (κ1) is 24.0. The number of unbranched alkanes of at least 4 members (excludes halogenated alkanes) is 10. The molecule has 0 aliphatic carbocycles. The molecule has 0 saturated carbocycles. The van der Waals surface area contributed by atoms with E-state index in [4.69, 9.17) is 9.47 Å². The molecule has 2 N–H and O–H groups in total. The van der Waals surface area contributed by atoms with Crippen molar-refractivity contribution in [1.29, 1.82) is 0 Å². The second-order valence-corrected chi connectivity index (χ2v) is 8.94. The number of ether oxygens (including phenoxy) is 2. The lowest BCUT2D eigenvalue weighted by Crippen LogP contribution is -2.63. The van der Waals surface area contributed by atoms with Gasteiger partial charge in [-0.05, 0) is 12.8 Å². The standard InChI is InChI=1S/C19H36O8S/c1-3-5-7-9-11-13-15-17(24-16-14-12-10-8-6-4-2)18(20,25-17)19(21)26-28(22,23)27-19/h20-21H,3-16H2,1-2H3. The van der Waals surface area contributed by atoms with Gasteiger partial charge in [0.15, 0.2) is 0 Å². The Labute approximate surface area is 168 Å².